The van der Waals surface area contributed by atoms with Gasteiger partial charge in [0, 0.05) is 9.58 Å². The first-order valence-corrected chi connectivity index (χ1v) is 6.99. The van der Waals surface area contributed by atoms with Gasteiger partial charge in [0.25, 0.3) is 0 Å². The van der Waals surface area contributed by atoms with Gasteiger partial charge in [-0.2, -0.15) is 0 Å². The van der Waals surface area contributed by atoms with Gasteiger partial charge < -0.3 is 5.11 Å². The summed E-state index contributed by atoms with van der Waals surface area (Å²) in [7, 11) is 0. The Balaban J connectivity index is 2.02. The van der Waals surface area contributed by atoms with Crippen LogP contribution in [-0.4, -0.2) is 5.11 Å². The highest BCUT2D eigenvalue weighted by molar-refractivity contribution is 7.19. The van der Waals surface area contributed by atoms with Crippen LogP contribution in [0.25, 0.3) is 10.1 Å². The lowest BCUT2D eigenvalue weighted by Gasteiger charge is -2.09. The summed E-state index contributed by atoms with van der Waals surface area (Å²) >= 11 is 1.41. The molecule has 1 unspecified atom stereocenters. The van der Waals surface area contributed by atoms with Crippen molar-refractivity contribution < 1.29 is 13.9 Å². The molecule has 4 heteroatoms. The molecule has 0 aliphatic rings. The van der Waals surface area contributed by atoms with Crippen LogP contribution in [0.5, 0.6) is 0 Å². The zero-order valence-electron chi connectivity index (χ0n) is 10.7. The molecular weight excluding hydrogens is 278 g/mol. The van der Waals surface area contributed by atoms with Gasteiger partial charge in [-0.15, -0.1) is 11.3 Å². The summed E-state index contributed by atoms with van der Waals surface area (Å²) in [6.45, 7) is 1.66. The van der Waals surface area contributed by atoms with Crippen molar-refractivity contribution in [3.63, 3.8) is 0 Å². The van der Waals surface area contributed by atoms with E-state index in [0.717, 1.165) is 15.0 Å². The second-order valence-corrected chi connectivity index (χ2v) is 5.86. The van der Waals surface area contributed by atoms with Gasteiger partial charge >= 0.3 is 0 Å². The topological polar surface area (TPSA) is 20.2 Å². The van der Waals surface area contributed by atoms with Gasteiger partial charge in [-0.3, -0.25) is 0 Å². The number of aryl methyl sites for hydroxylation is 1. The lowest BCUT2D eigenvalue weighted by Crippen LogP contribution is -1.98. The van der Waals surface area contributed by atoms with Gasteiger partial charge in [0.15, 0.2) is 0 Å². The molecule has 0 fully saturated rings. The molecule has 1 nitrogen and oxygen atoms in total. The Morgan fingerprint density at radius 1 is 1.05 bits per heavy atom. The minimum Gasteiger partial charge on any atom is -0.383 e. The molecule has 0 saturated carbocycles. The molecule has 2 aromatic carbocycles. The highest BCUT2D eigenvalue weighted by Crippen LogP contribution is 2.33. The fraction of sp³-hybridized carbons (Fsp3) is 0.125. The number of aliphatic hydroxyl groups is 1. The molecule has 0 amide bonds. The molecule has 20 heavy (non-hydrogen) atoms. The maximum Gasteiger partial charge on any atom is 0.126 e. The van der Waals surface area contributed by atoms with Gasteiger partial charge in [0.2, 0.25) is 0 Å². The average Bonchev–Trinajstić information content (AvgIpc) is 2.84. The van der Waals surface area contributed by atoms with E-state index >= 15 is 0 Å². The first-order chi connectivity index (χ1) is 9.54. The third-order valence-corrected chi connectivity index (χ3v) is 4.43. The molecule has 1 aromatic heterocycles. The summed E-state index contributed by atoms with van der Waals surface area (Å²) < 4.78 is 27.3. The second-order valence-electron chi connectivity index (χ2n) is 4.74. The highest BCUT2D eigenvalue weighted by Gasteiger charge is 2.15. The maximum absolute atomic E-state index is 13.3. The van der Waals surface area contributed by atoms with E-state index in [2.05, 4.69) is 0 Å². The molecule has 1 heterocycles. The van der Waals surface area contributed by atoms with Crippen LogP contribution in [0.3, 0.4) is 0 Å². The van der Waals surface area contributed by atoms with Crippen molar-refractivity contribution >= 4 is 21.4 Å². The van der Waals surface area contributed by atoms with Crippen molar-refractivity contribution in [3.05, 3.63) is 70.1 Å². The Kier molecular flexibility index (Phi) is 3.28. The van der Waals surface area contributed by atoms with Crippen LogP contribution >= 0.6 is 11.3 Å². The molecule has 0 saturated heterocycles. The van der Waals surface area contributed by atoms with E-state index in [1.54, 1.807) is 31.2 Å². The number of rotatable bonds is 2. The van der Waals surface area contributed by atoms with Crippen LogP contribution in [0, 0.1) is 18.6 Å². The summed E-state index contributed by atoms with van der Waals surface area (Å²) in [6, 6.07) is 10.9. The predicted molar refractivity (Wildman–Crippen MR) is 77.0 cm³/mol. The van der Waals surface area contributed by atoms with Crippen LogP contribution < -0.4 is 0 Å². The van der Waals surface area contributed by atoms with Gasteiger partial charge in [0.05, 0.1) is 0 Å². The minimum absolute atomic E-state index is 0.292. The molecule has 1 N–H and O–H groups in total. The van der Waals surface area contributed by atoms with Crippen molar-refractivity contribution in [1.29, 1.82) is 0 Å². The third kappa shape index (κ3) is 2.32. The van der Waals surface area contributed by atoms with Crippen LogP contribution in [0.4, 0.5) is 8.78 Å². The fourth-order valence-electron chi connectivity index (χ4n) is 2.17. The van der Waals surface area contributed by atoms with Crippen LogP contribution in [0.2, 0.25) is 0 Å². The first-order valence-electron chi connectivity index (χ1n) is 6.18. The monoisotopic (exact) mass is 290 g/mol. The van der Waals surface area contributed by atoms with E-state index in [4.69, 9.17) is 0 Å². The highest BCUT2D eigenvalue weighted by atomic mass is 32.1. The lowest BCUT2D eigenvalue weighted by molar-refractivity contribution is 0.224. The molecule has 1 atom stereocenters. The summed E-state index contributed by atoms with van der Waals surface area (Å²) in [6.07, 6.45) is -0.824. The van der Waals surface area contributed by atoms with Gasteiger partial charge in [-0.25, -0.2) is 8.78 Å². The molecule has 3 aromatic rings. The summed E-state index contributed by atoms with van der Waals surface area (Å²) in [5.74, 6) is -0.590. The van der Waals surface area contributed by atoms with Crippen molar-refractivity contribution in [2.45, 2.75) is 13.0 Å². The number of hydrogen-bond acceptors (Lipinski definition) is 2. The number of fused-ring (bicyclic) bond motifs is 1. The smallest absolute Gasteiger partial charge is 0.126 e. The molecule has 0 bridgehead atoms. The van der Waals surface area contributed by atoms with Gasteiger partial charge in [0.1, 0.15) is 17.7 Å². The Morgan fingerprint density at radius 2 is 1.85 bits per heavy atom. The maximum atomic E-state index is 13.3. The quantitative estimate of drug-likeness (QED) is 0.733. The molecular formula is C16H12F2OS. The van der Waals surface area contributed by atoms with E-state index in [1.165, 1.54) is 29.5 Å². The minimum atomic E-state index is -0.824. The third-order valence-electron chi connectivity index (χ3n) is 3.26. The molecule has 0 aliphatic heterocycles. The zero-order chi connectivity index (χ0) is 14.3. The normalized spacial score (nSPS) is 12.8. The van der Waals surface area contributed by atoms with E-state index < -0.39 is 6.10 Å². The van der Waals surface area contributed by atoms with Crippen LogP contribution in [0.15, 0.2) is 42.5 Å². The molecule has 0 aliphatic carbocycles. The number of aliphatic hydroxyl groups excluding tert-OH is 1. The second kappa shape index (κ2) is 4.96. The van der Waals surface area contributed by atoms with E-state index in [-0.39, 0.29) is 11.6 Å². The predicted octanol–water partition coefficient (Wildman–Crippen LogP) is 4.57. The summed E-state index contributed by atoms with van der Waals surface area (Å²) in [5.41, 5.74) is 1.13. The molecule has 0 radical (unpaired) electrons. The zero-order valence-corrected chi connectivity index (χ0v) is 11.5. The van der Waals surface area contributed by atoms with Gasteiger partial charge in [-0.05, 0) is 53.8 Å². The SMILES string of the molecule is Cc1cc(C(O)c2cc3cc(F)ccc3s2)ccc1F. The van der Waals surface area contributed by atoms with Crippen molar-refractivity contribution in [2.24, 2.45) is 0 Å². The van der Waals surface area contributed by atoms with E-state index in [0.29, 0.717) is 11.1 Å². The van der Waals surface area contributed by atoms with Gasteiger partial charge in [-0.1, -0.05) is 12.1 Å². The Labute approximate surface area is 119 Å². The van der Waals surface area contributed by atoms with Crippen LogP contribution in [-0.2, 0) is 0 Å². The standard InChI is InChI=1S/C16H12F2OS/c1-9-6-10(2-4-13(9)18)16(19)15-8-11-7-12(17)3-5-14(11)20-15/h2-8,16,19H,1H3. The molecule has 3 rings (SSSR count). The summed E-state index contributed by atoms with van der Waals surface area (Å²) in [5, 5.41) is 11.1. The van der Waals surface area contributed by atoms with Crippen LogP contribution in [0.1, 0.15) is 22.1 Å². The largest absolute Gasteiger partial charge is 0.383 e. The van der Waals surface area contributed by atoms with Crippen molar-refractivity contribution in [1.82, 2.24) is 0 Å². The first kappa shape index (κ1) is 13.2. The van der Waals surface area contributed by atoms with Crippen molar-refractivity contribution in [3.8, 4) is 0 Å². The Morgan fingerprint density at radius 3 is 2.60 bits per heavy atom. The van der Waals surface area contributed by atoms with E-state index in [1.807, 2.05) is 0 Å². The summed E-state index contributed by atoms with van der Waals surface area (Å²) in [4.78, 5) is 0.719. The number of thiophene rings is 1. The Hall–Kier alpha value is -1.78. The molecule has 0 spiro atoms. The average molecular weight is 290 g/mol. The fourth-order valence-corrected chi connectivity index (χ4v) is 3.23. The number of halogens is 2. The van der Waals surface area contributed by atoms with Crippen molar-refractivity contribution in [2.75, 3.05) is 0 Å². The lowest BCUT2D eigenvalue weighted by atomic mass is 10.0. The Bertz CT molecular complexity index is 779. The molecule has 102 valence electrons. The van der Waals surface area contributed by atoms with E-state index in [9.17, 15) is 13.9 Å². The number of hydrogen-bond donors (Lipinski definition) is 1. The number of benzene rings is 2.